The van der Waals surface area contributed by atoms with Gasteiger partial charge in [-0.3, -0.25) is 0 Å². The first-order valence-corrected chi connectivity index (χ1v) is 11.9. The zero-order valence-corrected chi connectivity index (χ0v) is 20.3. The fourth-order valence-corrected chi connectivity index (χ4v) is 4.17. The third kappa shape index (κ3) is 5.41. The Morgan fingerprint density at radius 3 is 2.61 bits per heavy atom. The van der Waals surface area contributed by atoms with Gasteiger partial charge in [0, 0.05) is 23.2 Å². The van der Waals surface area contributed by atoms with Gasteiger partial charge in [0.25, 0.3) is 0 Å². The smallest absolute Gasteiger partial charge is 0.141 e. The molecule has 2 heterocycles. The van der Waals surface area contributed by atoms with E-state index in [4.69, 9.17) is 9.47 Å². The first kappa shape index (κ1) is 23.6. The van der Waals surface area contributed by atoms with E-state index in [1.807, 2.05) is 67.6 Å². The highest BCUT2D eigenvalue weighted by Gasteiger charge is 2.26. The van der Waals surface area contributed by atoms with E-state index in [2.05, 4.69) is 32.4 Å². The molecule has 5 rings (SSSR count). The summed E-state index contributed by atoms with van der Waals surface area (Å²) in [5, 5.41) is 18.1. The summed E-state index contributed by atoms with van der Waals surface area (Å²) in [6, 6.07) is 19.2. The zero-order valence-electron chi connectivity index (χ0n) is 20.3. The number of ether oxygens (including phenoxy) is 2. The Labute approximate surface area is 210 Å². The van der Waals surface area contributed by atoms with Crippen molar-refractivity contribution in [2.45, 2.75) is 25.4 Å². The van der Waals surface area contributed by atoms with E-state index in [1.165, 1.54) is 0 Å². The molecule has 1 aliphatic rings. The Kier molecular flexibility index (Phi) is 6.72. The van der Waals surface area contributed by atoms with Gasteiger partial charge in [0.2, 0.25) is 0 Å². The molecule has 0 amide bonds. The van der Waals surface area contributed by atoms with Crippen molar-refractivity contribution in [2.75, 3.05) is 25.5 Å². The molecular formula is C29H28N4O3. The van der Waals surface area contributed by atoms with Crippen LogP contribution in [0.4, 0.5) is 11.5 Å². The lowest BCUT2D eigenvalue weighted by Crippen LogP contribution is -2.44. The maximum Gasteiger partial charge on any atom is 0.141 e. The second-order valence-electron chi connectivity index (χ2n) is 8.90. The number of methoxy groups -OCH3 is 1. The summed E-state index contributed by atoms with van der Waals surface area (Å²) in [4.78, 5) is 8.86. The third-order valence-electron chi connectivity index (χ3n) is 6.16. The number of anilines is 2. The van der Waals surface area contributed by atoms with Gasteiger partial charge >= 0.3 is 0 Å². The van der Waals surface area contributed by atoms with Crippen LogP contribution in [0.3, 0.4) is 0 Å². The molecule has 1 atom stereocenters. The minimum Gasteiger partial charge on any atom is -0.497 e. The van der Waals surface area contributed by atoms with Crippen LogP contribution in [-0.4, -0.2) is 40.9 Å². The number of hydrogen-bond acceptors (Lipinski definition) is 7. The average molecular weight is 481 g/mol. The maximum atomic E-state index is 10.7. The molecule has 3 N–H and O–H groups in total. The van der Waals surface area contributed by atoms with Gasteiger partial charge in [0.1, 0.15) is 35.0 Å². The van der Waals surface area contributed by atoms with Crippen molar-refractivity contribution in [1.29, 1.82) is 0 Å². The van der Waals surface area contributed by atoms with E-state index in [1.54, 1.807) is 13.4 Å². The van der Waals surface area contributed by atoms with Crippen LogP contribution in [0.2, 0.25) is 0 Å². The number of aromatic nitrogens is 2. The van der Waals surface area contributed by atoms with Gasteiger partial charge in [0.15, 0.2) is 0 Å². The fourth-order valence-electron chi connectivity index (χ4n) is 4.17. The van der Waals surface area contributed by atoms with E-state index in [0.717, 1.165) is 57.9 Å². The Morgan fingerprint density at radius 2 is 1.86 bits per heavy atom. The monoisotopic (exact) mass is 480 g/mol. The van der Waals surface area contributed by atoms with E-state index in [9.17, 15) is 5.11 Å². The first-order chi connectivity index (χ1) is 17.5. The quantitative estimate of drug-likeness (QED) is 0.348. The van der Waals surface area contributed by atoms with Gasteiger partial charge in [0.05, 0.1) is 12.6 Å². The van der Waals surface area contributed by atoms with Gasteiger partial charge in [-0.1, -0.05) is 11.8 Å². The fraction of sp³-hybridized carbons (Fsp3) is 0.241. The molecule has 4 aromatic rings. The average Bonchev–Trinajstić information content (AvgIpc) is 2.90. The largest absolute Gasteiger partial charge is 0.497 e. The summed E-state index contributed by atoms with van der Waals surface area (Å²) >= 11 is 0. The normalized spacial score (nSPS) is 17.2. The van der Waals surface area contributed by atoms with Gasteiger partial charge in [-0.05, 0) is 92.5 Å². The lowest BCUT2D eigenvalue weighted by molar-refractivity contribution is 0.0736. The van der Waals surface area contributed by atoms with Crippen molar-refractivity contribution in [2.24, 2.45) is 0 Å². The van der Waals surface area contributed by atoms with Crippen molar-refractivity contribution in [3.63, 3.8) is 0 Å². The molecule has 3 aromatic carbocycles. The summed E-state index contributed by atoms with van der Waals surface area (Å²) in [5.41, 5.74) is 2.49. The summed E-state index contributed by atoms with van der Waals surface area (Å²) in [6.07, 6.45) is 3.13. The van der Waals surface area contributed by atoms with Crippen molar-refractivity contribution >= 4 is 22.4 Å². The van der Waals surface area contributed by atoms with Crippen LogP contribution in [0.1, 0.15) is 24.0 Å². The summed E-state index contributed by atoms with van der Waals surface area (Å²) in [7, 11) is 1.64. The molecule has 7 heteroatoms. The number of nitrogens with one attached hydrogen (secondary N) is 2. The number of benzene rings is 3. The van der Waals surface area contributed by atoms with Crippen LogP contribution in [0.15, 0.2) is 67.0 Å². The van der Waals surface area contributed by atoms with Crippen molar-refractivity contribution in [3.05, 3.63) is 78.1 Å². The number of aryl methyl sites for hydroxylation is 1. The Morgan fingerprint density at radius 1 is 1.03 bits per heavy atom. The minimum atomic E-state index is -0.991. The Bertz CT molecular complexity index is 1430. The van der Waals surface area contributed by atoms with Crippen molar-refractivity contribution < 1.29 is 14.6 Å². The molecular weight excluding hydrogens is 452 g/mol. The molecule has 1 fully saturated rings. The standard InChI is InChI=1S/C29H28N4O3/c1-20-16-22(5-11-27(20)36-24-8-6-23(35-2)7-9-24)33-28-25-17-21(4-10-26(25)31-19-32-28)12-14-29(34)13-3-15-30-18-29/h4-11,16-17,19,30,34H,3,13,15,18H2,1-2H3,(H,31,32,33). The molecule has 0 bridgehead atoms. The summed E-state index contributed by atoms with van der Waals surface area (Å²) < 4.78 is 11.2. The van der Waals surface area contributed by atoms with E-state index >= 15 is 0 Å². The van der Waals surface area contributed by atoms with Crippen molar-refractivity contribution in [3.8, 4) is 29.1 Å². The molecule has 36 heavy (non-hydrogen) atoms. The molecule has 1 saturated heterocycles. The lowest BCUT2D eigenvalue weighted by atomic mass is 9.94. The minimum absolute atomic E-state index is 0.487. The SMILES string of the molecule is COc1ccc(Oc2ccc(Nc3ncnc4ccc(C#CC5(O)CCCNC5)cc34)cc2C)cc1. The Hall–Kier alpha value is -4.12. The molecule has 182 valence electrons. The topological polar surface area (TPSA) is 88.5 Å². The summed E-state index contributed by atoms with van der Waals surface area (Å²) in [6.45, 7) is 3.40. The number of fused-ring (bicyclic) bond motifs is 1. The molecule has 1 aromatic heterocycles. The zero-order chi connectivity index (χ0) is 25.0. The number of aliphatic hydroxyl groups is 1. The number of rotatable bonds is 5. The lowest BCUT2D eigenvalue weighted by Gasteiger charge is -2.27. The molecule has 1 unspecified atom stereocenters. The van der Waals surface area contributed by atoms with Crippen LogP contribution in [0.25, 0.3) is 10.9 Å². The number of piperidine rings is 1. The highest BCUT2D eigenvalue weighted by atomic mass is 16.5. The van der Waals surface area contributed by atoms with Crippen LogP contribution in [-0.2, 0) is 0 Å². The Balaban J connectivity index is 1.37. The van der Waals surface area contributed by atoms with Crippen LogP contribution in [0.5, 0.6) is 17.2 Å². The molecule has 1 aliphatic heterocycles. The predicted molar refractivity (Wildman–Crippen MR) is 141 cm³/mol. The van der Waals surface area contributed by atoms with Gasteiger partial charge in [-0.2, -0.15) is 0 Å². The maximum absolute atomic E-state index is 10.7. The van der Waals surface area contributed by atoms with E-state index < -0.39 is 5.60 Å². The molecule has 7 nitrogen and oxygen atoms in total. The third-order valence-corrected chi connectivity index (χ3v) is 6.16. The number of hydrogen-bond donors (Lipinski definition) is 3. The highest BCUT2D eigenvalue weighted by molar-refractivity contribution is 5.91. The predicted octanol–water partition coefficient (Wildman–Crippen LogP) is 4.95. The van der Waals surface area contributed by atoms with Gasteiger partial charge in [-0.25, -0.2) is 9.97 Å². The molecule has 0 aliphatic carbocycles. The molecule has 0 spiro atoms. The molecule has 0 saturated carbocycles. The van der Waals surface area contributed by atoms with Crippen molar-refractivity contribution in [1.82, 2.24) is 15.3 Å². The van der Waals surface area contributed by atoms with Crippen LogP contribution in [0, 0.1) is 18.8 Å². The first-order valence-electron chi connectivity index (χ1n) is 11.9. The highest BCUT2D eigenvalue weighted by Crippen LogP contribution is 2.30. The second-order valence-corrected chi connectivity index (χ2v) is 8.90. The van der Waals surface area contributed by atoms with Crippen LogP contribution >= 0.6 is 0 Å². The molecule has 0 radical (unpaired) electrons. The van der Waals surface area contributed by atoms with Gasteiger partial charge < -0.3 is 25.2 Å². The number of nitrogens with zero attached hydrogens (tertiary/aromatic N) is 2. The van der Waals surface area contributed by atoms with Gasteiger partial charge in [-0.15, -0.1) is 0 Å². The van der Waals surface area contributed by atoms with E-state index in [-0.39, 0.29) is 0 Å². The van der Waals surface area contributed by atoms with E-state index in [0.29, 0.717) is 18.8 Å². The number of β-amino-alcohol motifs (C(OH)–C–C–N with tert-alkyl or cyclic N) is 1. The summed E-state index contributed by atoms with van der Waals surface area (Å²) in [5.74, 6) is 9.16. The second kappa shape index (κ2) is 10.2. The van der Waals surface area contributed by atoms with Crippen LogP contribution < -0.4 is 20.1 Å².